The molecule has 2 aromatic rings. The number of nitrogens with one attached hydrogen (secondary N) is 1. The number of hydrogen-bond acceptors (Lipinski definition) is 3. The number of ketones is 1. The van der Waals surface area contributed by atoms with Gasteiger partial charge in [0.2, 0.25) is 5.91 Å². The van der Waals surface area contributed by atoms with Crippen molar-refractivity contribution in [2.45, 2.75) is 24.4 Å². The van der Waals surface area contributed by atoms with E-state index < -0.39 is 17.6 Å². The van der Waals surface area contributed by atoms with Crippen LogP contribution in [0.25, 0.3) is 0 Å². The van der Waals surface area contributed by atoms with E-state index in [2.05, 4.69) is 5.32 Å². The highest BCUT2D eigenvalue weighted by Gasteiger charge is 2.29. The summed E-state index contributed by atoms with van der Waals surface area (Å²) in [5, 5.41) is 2.64. The highest BCUT2D eigenvalue weighted by atomic mass is 32.2. The molecule has 0 fully saturated rings. The van der Waals surface area contributed by atoms with Crippen molar-refractivity contribution in [2.24, 2.45) is 0 Å². The third-order valence-electron chi connectivity index (χ3n) is 3.71. The molecule has 0 spiro atoms. The Morgan fingerprint density at radius 3 is 2.30 bits per heavy atom. The number of amides is 1. The number of halogens is 4. The molecular weight excluding hydrogens is 382 g/mol. The fourth-order valence-electron chi connectivity index (χ4n) is 2.24. The van der Waals surface area contributed by atoms with Crippen molar-refractivity contribution in [1.29, 1.82) is 0 Å². The Morgan fingerprint density at radius 1 is 1.07 bits per heavy atom. The van der Waals surface area contributed by atoms with Crippen LogP contribution >= 0.6 is 11.8 Å². The maximum Gasteiger partial charge on any atom is 0.416 e. The van der Waals surface area contributed by atoms with E-state index in [1.807, 2.05) is 0 Å². The molecule has 2 rings (SSSR count). The Hall–Kier alpha value is -2.35. The Labute approximate surface area is 158 Å². The molecule has 0 heterocycles. The molecule has 144 valence electrons. The second-order valence-electron chi connectivity index (χ2n) is 5.78. The molecule has 1 N–H and O–H groups in total. The summed E-state index contributed by atoms with van der Waals surface area (Å²) in [5.74, 6) is -1.14. The van der Waals surface area contributed by atoms with Crippen LogP contribution < -0.4 is 5.32 Å². The molecule has 0 bridgehead atoms. The maximum atomic E-state index is 13.9. The molecule has 0 radical (unpaired) electrons. The molecule has 0 aliphatic rings. The predicted octanol–water partition coefficient (Wildman–Crippen LogP) is 4.50. The largest absolute Gasteiger partial charge is 0.416 e. The zero-order valence-electron chi connectivity index (χ0n) is 14.4. The summed E-state index contributed by atoms with van der Waals surface area (Å²) in [5.41, 5.74) is 0.212. The number of carbonyl (C=O) groups is 2. The number of hydrogen-bond donors (Lipinski definition) is 1. The van der Waals surface area contributed by atoms with Crippen LogP contribution in [0.4, 0.5) is 17.6 Å². The van der Waals surface area contributed by atoms with E-state index in [1.165, 1.54) is 31.2 Å². The Bertz CT molecular complexity index is 819. The van der Waals surface area contributed by atoms with Crippen LogP contribution in [0.3, 0.4) is 0 Å². The lowest BCUT2D eigenvalue weighted by atomic mass is 10.1. The molecule has 3 nitrogen and oxygen atoms in total. The van der Waals surface area contributed by atoms with Gasteiger partial charge >= 0.3 is 6.18 Å². The molecule has 0 unspecified atom stereocenters. The summed E-state index contributed by atoms with van der Waals surface area (Å²) in [6, 6.07) is 8.82. The lowest BCUT2D eigenvalue weighted by Crippen LogP contribution is -2.27. The minimum absolute atomic E-state index is 0.0106. The van der Waals surface area contributed by atoms with E-state index in [9.17, 15) is 27.2 Å². The lowest BCUT2D eigenvalue weighted by molar-refractivity contribution is -0.137. The van der Waals surface area contributed by atoms with Crippen LogP contribution in [0.5, 0.6) is 0 Å². The van der Waals surface area contributed by atoms with E-state index in [4.69, 9.17) is 0 Å². The first kappa shape index (κ1) is 21.0. The molecule has 27 heavy (non-hydrogen) atoms. The summed E-state index contributed by atoms with van der Waals surface area (Å²) < 4.78 is 51.3. The summed E-state index contributed by atoms with van der Waals surface area (Å²) >= 11 is 1.00. The standard InChI is InChI=1S/C19H17F4NO2S/c1-12(25)14-4-7-17(16(20)10-14)27-11-18(26)24-9-8-13-2-5-15(6-3-13)19(21,22)23/h2-7,10H,8-9,11H2,1H3,(H,24,26). The minimum atomic E-state index is -4.37. The van der Waals surface area contributed by atoms with Crippen molar-refractivity contribution in [3.63, 3.8) is 0 Å². The van der Waals surface area contributed by atoms with Crippen LogP contribution in [0.2, 0.25) is 0 Å². The average molecular weight is 399 g/mol. The second kappa shape index (κ2) is 9.03. The Kier molecular flexibility index (Phi) is 7.01. The van der Waals surface area contributed by atoms with E-state index >= 15 is 0 Å². The first-order valence-corrected chi connectivity index (χ1v) is 9.01. The molecule has 0 aliphatic heterocycles. The molecule has 0 atom stereocenters. The van der Waals surface area contributed by atoms with Gasteiger partial charge in [-0.05, 0) is 43.2 Å². The van der Waals surface area contributed by atoms with Crippen molar-refractivity contribution in [3.05, 3.63) is 65.0 Å². The Balaban J connectivity index is 1.77. The van der Waals surface area contributed by atoms with Crippen LogP contribution in [-0.2, 0) is 17.4 Å². The van der Waals surface area contributed by atoms with Gasteiger partial charge in [0.1, 0.15) is 5.82 Å². The first-order chi connectivity index (χ1) is 12.7. The predicted molar refractivity (Wildman–Crippen MR) is 95.3 cm³/mol. The molecule has 2 aromatic carbocycles. The molecule has 0 saturated heterocycles. The fourth-order valence-corrected chi connectivity index (χ4v) is 2.99. The molecule has 0 aromatic heterocycles. The van der Waals surface area contributed by atoms with E-state index in [1.54, 1.807) is 0 Å². The minimum Gasteiger partial charge on any atom is -0.355 e. The van der Waals surface area contributed by atoms with Crippen molar-refractivity contribution in [3.8, 4) is 0 Å². The summed E-state index contributed by atoms with van der Waals surface area (Å²) in [4.78, 5) is 23.3. The summed E-state index contributed by atoms with van der Waals surface area (Å²) in [6.07, 6.45) is -3.99. The van der Waals surface area contributed by atoms with Crippen LogP contribution in [0.15, 0.2) is 47.4 Å². The highest BCUT2D eigenvalue weighted by molar-refractivity contribution is 8.00. The van der Waals surface area contributed by atoms with Gasteiger partial charge in [-0.25, -0.2) is 4.39 Å². The zero-order chi connectivity index (χ0) is 20.0. The van der Waals surface area contributed by atoms with Gasteiger partial charge in [-0.15, -0.1) is 11.8 Å². The average Bonchev–Trinajstić information content (AvgIpc) is 2.60. The van der Waals surface area contributed by atoms with Crippen LogP contribution in [0.1, 0.15) is 28.4 Å². The number of alkyl halides is 3. The van der Waals surface area contributed by atoms with Gasteiger partial charge in [-0.3, -0.25) is 9.59 Å². The number of Topliss-reactive ketones (excluding diaryl/α,β-unsaturated/α-hetero) is 1. The van der Waals surface area contributed by atoms with Crippen molar-refractivity contribution >= 4 is 23.5 Å². The lowest BCUT2D eigenvalue weighted by Gasteiger charge is -2.09. The van der Waals surface area contributed by atoms with Gasteiger partial charge in [0, 0.05) is 17.0 Å². The van der Waals surface area contributed by atoms with E-state index in [-0.39, 0.29) is 34.4 Å². The summed E-state index contributed by atoms with van der Waals surface area (Å²) in [7, 11) is 0. The zero-order valence-corrected chi connectivity index (χ0v) is 15.2. The SMILES string of the molecule is CC(=O)c1ccc(SCC(=O)NCCc2ccc(C(F)(F)F)cc2)c(F)c1. The molecule has 8 heteroatoms. The highest BCUT2D eigenvalue weighted by Crippen LogP contribution is 2.29. The maximum absolute atomic E-state index is 13.9. The van der Waals surface area contributed by atoms with Crippen molar-refractivity contribution < 1.29 is 27.2 Å². The van der Waals surface area contributed by atoms with E-state index in [0.29, 0.717) is 12.0 Å². The third kappa shape index (κ3) is 6.39. The van der Waals surface area contributed by atoms with Crippen LogP contribution in [0, 0.1) is 5.82 Å². The quantitative estimate of drug-likeness (QED) is 0.424. The normalized spacial score (nSPS) is 11.3. The Morgan fingerprint density at radius 2 is 1.74 bits per heavy atom. The summed E-state index contributed by atoms with van der Waals surface area (Å²) in [6.45, 7) is 1.60. The molecule has 1 amide bonds. The van der Waals surface area contributed by atoms with Crippen molar-refractivity contribution in [2.75, 3.05) is 12.3 Å². The van der Waals surface area contributed by atoms with E-state index in [0.717, 1.165) is 30.0 Å². The fraction of sp³-hybridized carbons (Fsp3) is 0.263. The molecule has 0 aliphatic carbocycles. The molecular formula is C19H17F4NO2S. The van der Waals surface area contributed by atoms with Gasteiger partial charge in [0.15, 0.2) is 5.78 Å². The first-order valence-electron chi connectivity index (χ1n) is 8.03. The van der Waals surface area contributed by atoms with Gasteiger partial charge in [0.25, 0.3) is 0 Å². The number of thioether (sulfide) groups is 1. The van der Waals surface area contributed by atoms with Gasteiger partial charge in [-0.2, -0.15) is 13.2 Å². The van der Waals surface area contributed by atoms with Gasteiger partial charge in [-0.1, -0.05) is 18.2 Å². The number of benzene rings is 2. The molecule has 0 saturated carbocycles. The number of carbonyl (C=O) groups excluding carboxylic acids is 2. The number of rotatable bonds is 7. The van der Waals surface area contributed by atoms with Crippen LogP contribution in [-0.4, -0.2) is 24.0 Å². The van der Waals surface area contributed by atoms with Gasteiger partial charge in [0.05, 0.1) is 11.3 Å². The van der Waals surface area contributed by atoms with Gasteiger partial charge < -0.3 is 5.32 Å². The second-order valence-corrected chi connectivity index (χ2v) is 6.80. The third-order valence-corrected chi connectivity index (χ3v) is 4.76. The van der Waals surface area contributed by atoms with Crippen molar-refractivity contribution in [1.82, 2.24) is 5.32 Å². The monoisotopic (exact) mass is 399 g/mol. The topological polar surface area (TPSA) is 46.2 Å². The smallest absolute Gasteiger partial charge is 0.355 e.